The summed E-state index contributed by atoms with van der Waals surface area (Å²) < 4.78 is 6.44. The van der Waals surface area contributed by atoms with Crippen LogP contribution in [0, 0.1) is 6.92 Å². The van der Waals surface area contributed by atoms with Gasteiger partial charge < -0.3 is 9.84 Å². The molecule has 140 valence electrons. The number of carbonyl (C=O) groups is 2. The van der Waals surface area contributed by atoms with E-state index in [2.05, 4.69) is 4.98 Å². The molecule has 0 fully saturated rings. The fraction of sp³-hybridized carbons (Fsp3) is 0.556. The van der Waals surface area contributed by atoms with Crippen LogP contribution in [0.5, 0.6) is 0 Å². The average molecular weight is 378 g/mol. The predicted molar refractivity (Wildman–Crippen MR) is 97.9 cm³/mol. The van der Waals surface area contributed by atoms with E-state index in [1.807, 2.05) is 0 Å². The molecule has 0 aliphatic heterocycles. The van der Waals surface area contributed by atoms with E-state index >= 15 is 0 Å². The summed E-state index contributed by atoms with van der Waals surface area (Å²) in [6.45, 7) is 5.41. The number of carboxylic acids is 1. The first-order valence-electron chi connectivity index (χ1n) is 8.84. The molecule has 3 rings (SSSR count). The third-order valence-corrected chi connectivity index (χ3v) is 6.01. The number of carbonyl (C=O) groups excluding carboxylic acids is 1. The lowest BCUT2D eigenvalue weighted by Gasteiger charge is -2.21. The number of fused-ring (bicyclic) bond motifs is 3. The molecule has 2 atom stereocenters. The summed E-state index contributed by atoms with van der Waals surface area (Å²) in [5.41, 5.74) is 0.316. The highest BCUT2D eigenvalue weighted by Crippen LogP contribution is 2.41. The molecule has 0 saturated carbocycles. The molecule has 2 heterocycles. The Bertz CT molecular complexity index is 930. The molecule has 7 nitrogen and oxygen atoms in total. The smallest absolute Gasteiger partial charge is 0.326 e. The van der Waals surface area contributed by atoms with Crippen LogP contribution in [0.1, 0.15) is 61.3 Å². The highest BCUT2D eigenvalue weighted by Gasteiger charge is 2.34. The molecule has 1 N–H and O–H groups in total. The number of aliphatic carboxylic acids is 1. The number of hydrogen-bond donors (Lipinski definition) is 1. The molecule has 2 unspecified atom stereocenters. The topological polar surface area (TPSA) is 98.5 Å². The zero-order chi connectivity index (χ0) is 19.0. The fourth-order valence-electron chi connectivity index (χ4n) is 3.71. The fourth-order valence-corrected chi connectivity index (χ4v) is 5.02. The zero-order valence-corrected chi connectivity index (χ0v) is 15.9. The van der Waals surface area contributed by atoms with Crippen LogP contribution in [0.2, 0.25) is 0 Å². The average Bonchev–Trinajstić information content (AvgIpc) is 2.96. The molecule has 26 heavy (non-hydrogen) atoms. The Morgan fingerprint density at radius 3 is 2.77 bits per heavy atom. The van der Waals surface area contributed by atoms with E-state index in [1.54, 1.807) is 20.8 Å². The van der Waals surface area contributed by atoms with Crippen molar-refractivity contribution in [2.24, 2.45) is 0 Å². The third-order valence-electron chi connectivity index (χ3n) is 4.85. The lowest BCUT2D eigenvalue weighted by Crippen LogP contribution is -2.33. The van der Waals surface area contributed by atoms with E-state index in [4.69, 9.17) is 4.74 Å². The van der Waals surface area contributed by atoms with Gasteiger partial charge in [-0.05, 0) is 45.1 Å². The van der Waals surface area contributed by atoms with Gasteiger partial charge in [0.1, 0.15) is 16.7 Å². The van der Waals surface area contributed by atoms with Crippen molar-refractivity contribution in [1.29, 1.82) is 0 Å². The molecule has 2 aromatic heterocycles. The molecular formula is C18H22N2O5S. The molecule has 1 aliphatic rings. The lowest BCUT2D eigenvalue weighted by molar-refractivity contribution is -0.145. The van der Waals surface area contributed by atoms with Crippen molar-refractivity contribution in [3.63, 3.8) is 0 Å². The van der Waals surface area contributed by atoms with Gasteiger partial charge in [0.2, 0.25) is 0 Å². The molecule has 2 aromatic rings. The second-order valence-corrected chi connectivity index (χ2v) is 7.50. The Balaban J connectivity index is 2.28. The first kappa shape index (κ1) is 18.6. The Morgan fingerprint density at radius 1 is 1.42 bits per heavy atom. The maximum absolute atomic E-state index is 13.2. The van der Waals surface area contributed by atoms with Crippen molar-refractivity contribution < 1.29 is 19.4 Å². The molecular weight excluding hydrogens is 356 g/mol. The van der Waals surface area contributed by atoms with Gasteiger partial charge >= 0.3 is 11.9 Å². The van der Waals surface area contributed by atoms with Gasteiger partial charge in [0, 0.05) is 4.88 Å². The van der Waals surface area contributed by atoms with Crippen LogP contribution < -0.4 is 5.56 Å². The van der Waals surface area contributed by atoms with Crippen LogP contribution in [0.4, 0.5) is 0 Å². The first-order valence-corrected chi connectivity index (χ1v) is 9.66. The summed E-state index contributed by atoms with van der Waals surface area (Å²) in [4.78, 5) is 43.3. The van der Waals surface area contributed by atoms with E-state index in [0.717, 1.165) is 17.7 Å². The van der Waals surface area contributed by atoms with Crippen LogP contribution in [-0.2, 0) is 20.7 Å². The quantitative estimate of drug-likeness (QED) is 0.803. The molecule has 8 heteroatoms. The van der Waals surface area contributed by atoms with E-state index in [1.165, 1.54) is 15.9 Å². The standard InChI is InChI=1S/C18H22N2O5S/c1-4-11(17(22)23)20-9(3)19-15-14(16(20)21)13-10(18(24)25-5-2)7-6-8-12(13)26-15/h10-11H,4-8H2,1-3H3,(H,22,23). The monoisotopic (exact) mass is 378 g/mol. The molecule has 0 bridgehead atoms. The van der Waals surface area contributed by atoms with Gasteiger partial charge in [-0.2, -0.15) is 0 Å². The normalized spacial score (nSPS) is 17.7. The van der Waals surface area contributed by atoms with Crippen molar-refractivity contribution in [1.82, 2.24) is 9.55 Å². The number of esters is 1. The first-order chi connectivity index (χ1) is 12.4. The van der Waals surface area contributed by atoms with Crippen molar-refractivity contribution in [2.75, 3.05) is 6.61 Å². The zero-order valence-electron chi connectivity index (χ0n) is 15.1. The Hall–Kier alpha value is -2.22. The number of hydrogen-bond acceptors (Lipinski definition) is 6. The van der Waals surface area contributed by atoms with Gasteiger partial charge in [-0.25, -0.2) is 9.78 Å². The van der Waals surface area contributed by atoms with E-state index in [9.17, 15) is 19.5 Å². The number of rotatable bonds is 5. The number of nitrogens with zero attached hydrogens (tertiary/aromatic N) is 2. The number of aryl methyl sites for hydroxylation is 2. The summed E-state index contributed by atoms with van der Waals surface area (Å²) in [6, 6.07) is -0.973. The van der Waals surface area contributed by atoms with Crippen molar-refractivity contribution >= 4 is 33.5 Å². The number of carboxylic acid groups (broad SMARTS) is 1. The molecule has 1 aliphatic carbocycles. The largest absolute Gasteiger partial charge is 0.480 e. The SMILES string of the molecule is CCOC(=O)C1CCCc2sc3nc(C)n(C(CC)C(=O)O)c(=O)c3c21. The summed E-state index contributed by atoms with van der Waals surface area (Å²) in [5, 5.41) is 9.87. The Kier molecular flexibility index (Phi) is 5.13. The summed E-state index contributed by atoms with van der Waals surface area (Å²) >= 11 is 1.42. The lowest BCUT2D eigenvalue weighted by atomic mass is 9.86. The Labute approximate surface area is 154 Å². The van der Waals surface area contributed by atoms with Gasteiger partial charge in [0.05, 0.1) is 17.9 Å². The second-order valence-electron chi connectivity index (χ2n) is 6.41. The minimum atomic E-state index is -1.06. The van der Waals surface area contributed by atoms with E-state index in [-0.39, 0.29) is 24.6 Å². The van der Waals surface area contributed by atoms with Gasteiger partial charge in [-0.3, -0.25) is 14.2 Å². The molecule has 0 aromatic carbocycles. The Morgan fingerprint density at radius 2 is 2.15 bits per heavy atom. The summed E-state index contributed by atoms with van der Waals surface area (Å²) in [6.07, 6.45) is 2.54. The van der Waals surface area contributed by atoms with Crippen molar-refractivity contribution in [2.45, 2.75) is 58.4 Å². The predicted octanol–water partition coefficient (Wildman–Crippen LogP) is 2.79. The molecule has 0 spiro atoms. The van der Waals surface area contributed by atoms with Crippen molar-refractivity contribution in [3.8, 4) is 0 Å². The minimum absolute atomic E-state index is 0.275. The van der Waals surface area contributed by atoms with Gasteiger partial charge in [-0.15, -0.1) is 11.3 Å². The second kappa shape index (κ2) is 7.19. The van der Waals surface area contributed by atoms with Crippen LogP contribution in [-0.4, -0.2) is 33.2 Å². The summed E-state index contributed by atoms with van der Waals surface area (Å²) in [7, 11) is 0. The maximum Gasteiger partial charge on any atom is 0.326 e. The van der Waals surface area contributed by atoms with E-state index in [0.29, 0.717) is 28.0 Å². The van der Waals surface area contributed by atoms with Crippen LogP contribution in [0.25, 0.3) is 10.2 Å². The number of aromatic nitrogens is 2. The summed E-state index contributed by atoms with van der Waals surface area (Å²) in [5.74, 6) is -1.50. The van der Waals surface area contributed by atoms with E-state index < -0.39 is 17.9 Å². The third kappa shape index (κ3) is 2.92. The minimum Gasteiger partial charge on any atom is -0.480 e. The maximum atomic E-state index is 13.2. The van der Waals surface area contributed by atoms with Gasteiger partial charge in [0.25, 0.3) is 5.56 Å². The van der Waals surface area contributed by atoms with Crippen molar-refractivity contribution in [3.05, 3.63) is 26.6 Å². The number of thiophene rings is 1. The highest BCUT2D eigenvalue weighted by molar-refractivity contribution is 7.18. The van der Waals surface area contributed by atoms with Gasteiger partial charge in [-0.1, -0.05) is 6.92 Å². The number of ether oxygens (including phenoxy) is 1. The molecule has 0 saturated heterocycles. The van der Waals surface area contributed by atoms with Crippen LogP contribution in [0.3, 0.4) is 0 Å². The van der Waals surface area contributed by atoms with Gasteiger partial charge in [0.15, 0.2) is 0 Å². The highest BCUT2D eigenvalue weighted by atomic mass is 32.1. The van der Waals surface area contributed by atoms with Crippen LogP contribution in [0.15, 0.2) is 4.79 Å². The molecule has 0 amide bonds. The van der Waals surface area contributed by atoms with Crippen LogP contribution >= 0.6 is 11.3 Å². The molecule has 0 radical (unpaired) electrons.